The van der Waals surface area contributed by atoms with Gasteiger partial charge in [-0.2, -0.15) is 0 Å². The van der Waals surface area contributed by atoms with Gasteiger partial charge in [-0.15, -0.1) is 24.0 Å². The normalized spacial score (nSPS) is 21.3. The fraction of sp³-hybridized carbons (Fsp3) is 0.722. The molecule has 0 aromatic carbocycles. The molecule has 1 N–H and O–H groups in total. The van der Waals surface area contributed by atoms with Gasteiger partial charge in [0.1, 0.15) is 5.76 Å². The summed E-state index contributed by atoms with van der Waals surface area (Å²) in [4.78, 5) is 18.9. The summed E-state index contributed by atoms with van der Waals surface area (Å²) in [5.41, 5.74) is 2.05. The number of hydrogen-bond donors (Lipinski definition) is 1. The number of halogens is 1. The summed E-state index contributed by atoms with van der Waals surface area (Å²) in [7, 11) is 1.45. The van der Waals surface area contributed by atoms with E-state index >= 15 is 0 Å². The van der Waals surface area contributed by atoms with E-state index in [4.69, 9.17) is 14.3 Å². The second kappa shape index (κ2) is 10.1. The average Bonchev–Trinajstić information content (AvgIpc) is 3.13. The van der Waals surface area contributed by atoms with Crippen molar-refractivity contribution in [3.63, 3.8) is 0 Å². The van der Waals surface area contributed by atoms with Gasteiger partial charge in [0.15, 0.2) is 5.96 Å². The van der Waals surface area contributed by atoms with Gasteiger partial charge in [0.25, 0.3) is 0 Å². The Hall–Kier alpha value is -1.32. The van der Waals surface area contributed by atoms with Gasteiger partial charge >= 0.3 is 5.97 Å². The Labute approximate surface area is 172 Å². The summed E-state index contributed by atoms with van der Waals surface area (Å²) >= 11 is 0. The lowest BCUT2D eigenvalue weighted by atomic mass is 9.99. The predicted octanol–water partition coefficient (Wildman–Crippen LogP) is 2.72. The first-order valence-electron chi connectivity index (χ1n) is 8.92. The number of rotatable bonds is 5. The van der Waals surface area contributed by atoms with Crippen LogP contribution in [-0.4, -0.2) is 55.3 Å². The summed E-state index contributed by atoms with van der Waals surface area (Å²) in [6, 6.07) is 0. The van der Waals surface area contributed by atoms with Crippen molar-refractivity contribution in [1.29, 1.82) is 0 Å². The molecule has 2 rings (SSSR count). The molecule has 2 heterocycles. The molecule has 0 radical (unpaired) electrons. The number of carbonyl (C=O) groups is 1. The third kappa shape index (κ3) is 5.11. The molecule has 3 atom stereocenters. The van der Waals surface area contributed by atoms with Crippen LogP contribution in [0.3, 0.4) is 0 Å². The molecule has 7 nitrogen and oxygen atoms in total. The number of methoxy groups -OCH3 is 1. The van der Waals surface area contributed by atoms with Crippen LogP contribution < -0.4 is 5.32 Å². The minimum absolute atomic E-state index is 0. The molecule has 0 saturated carbocycles. The highest BCUT2D eigenvalue weighted by molar-refractivity contribution is 14.0. The second-order valence-electron chi connectivity index (χ2n) is 6.85. The molecule has 0 bridgehead atoms. The van der Waals surface area contributed by atoms with Gasteiger partial charge < -0.3 is 19.5 Å². The summed E-state index contributed by atoms with van der Waals surface area (Å²) in [6.07, 6.45) is 0. The number of aromatic nitrogens is 1. The zero-order valence-corrected chi connectivity index (χ0v) is 18.9. The SMILES string of the molecule is CCNC(=NCC(C)c1c(C)noc1C)N1CC(C)C(C(=O)OC)C1.I. The molecule has 1 aromatic rings. The molecule has 0 amide bonds. The van der Waals surface area contributed by atoms with E-state index in [1.54, 1.807) is 0 Å². The fourth-order valence-electron chi connectivity index (χ4n) is 3.53. The van der Waals surface area contributed by atoms with Gasteiger partial charge in [-0.05, 0) is 26.7 Å². The summed E-state index contributed by atoms with van der Waals surface area (Å²) < 4.78 is 10.2. The van der Waals surface area contributed by atoms with Gasteiger partial charge in [0.2, 0.25) is 0 Å². The Morgan fingerprint density at radius 2 is 2.15 bits per heavy atom. The number of likely N-dealkylation sites (tertiary alicyclic amines) is 1. The zero-order chi connectivity index (χ0) is 18.6. The largest absolute Gasteiger partial charge is 0.469 e. The quantitative estimate of drug-likeness (QED) is 0.304. The molecule has 26 heavy (non-hydrogen) atoms. The number of carbonyl (C=O) groups excluding carboxylic acids is 1. The number of hydrogen-bond acceptors (Lipinski definition) is 5. The number of aliphatic imine (C=N–C) groups is 1. The van der Waals surface area contributed by atoms with E-state index in [9.17, 15) is 4.79 Å². The van der Waals surface area contributed by atoms with E-state index < -0.39 is 0 Å². The maximum atomic E-state index is 11.9. The van der Waals surface area contributed by atoms with Gasteiger partial charge in [0, 0.05) is 37.7 Å². The first-order chi connectivity index (χ1) is 11.9. The second-order valence-corrected chi connectivity index (χ2v) is 6.85. The molecule has 0 aliphatic carbocycles. The van der Waals surface area contributed by atoms with Crippen molar-refractivity contribution in [3.8, 4) is 0 Å². The molecule has 1 aliphatic heterocycles. The number of guanidine groups is 1. The molecule has 1 fully saturated rings. The summed E-state index contributed by atoms with van der Waals surface area (Å²) in [5.74, 6) is 1.92. The number of nitrogens with one attached hydrogen (secondary N) is 1. The number of esters is 1. The molecular weight excluding hydrogens is 447 g/mol. The van der Waals surface area contributed by atoms with Crippen LogP contribution in [0.5, 0.6) is 0 Å². The van der Waals surface area contributed by atoms with E-state index in [1.165, 1.54) is 7.11 Å². The van der Waals surface area contributed by atoms with Crippen molar-refractivity contribution in [3.05, 3.63) is 17.0 Å². The topological polar surface area (TPSA) is 80.0 Å². The molecule has 1 aromatic heterocycles. The highest BCUT2D eigenvalue weighted by Gasteiger charge is 2.36. The van der Waals surface area contributed by atoms with Gasteiger partial charge in [-0.3, -0.25) is 9.79 Å². The molecule has 1 saturated heterocycles. The van der Waals surface area contributed by atoms with Crippen LogP contribution in [0.25, 0.3) is 0 Å². The Morgan fingerprint density at radius 3 is 2.69 bits per heavy atom. The van der Waals surface area contributed by atoms with E-state index in [0.717, 1.165) is 36.1 Å². The molecule has 0 spiro atoms. The van der Waals surface area contributed by atoms with Gasteiger partial charge in [-0.25, -0.2) is 0 Å². The maximum Gasteiger partial charge on any atom is 0.310 e. The van der Waals surface area contributed by atoms with Crippen molar-refractivity contribution in [2.75, 3.05) is 33.3 Å². The van der Waals surface area contributed by atoms with Crippen LogP contribution in [0.2, 0.25) is 0 Å². The van der Waals surface area contributed by atoms with Crippen LogP contribution in [0.1, 0.15) is 43.7 Å². The first-order valence-corrected chi connectivity index (χ1v) is 8.92. The van der Waals surface area contributed by atoms with Crippen LogP contribution in [0.4, 0.5) is 0 Å². The standard InChI is InChI=1S/C18H30N4O3.HI/c1-7-19-18(22-9-12(3)15(10-22)17(23)24-6)20-8-11(2)16-13(4)21-25-14(16)5;/h11-12,15H,7-10H2,1-6H3,(H,19,20);1H. The molecule has 148 valence electrons. The average molecular weight is 478 g/mol. The van der Waals surface area contributed by atoms with Crippen molar-refractivity contribution in [1.82, 2.24) is 15.4 Å². The Kier molecular flexibility index (Phi) is 8.85. The van der Waals surface area contributed by atoms with Crippen molar-refractivity contribution in [2.45, 2.75) is 40.5 Å². The highest BCUT2D eigenvalue weighted by atomic mass is 127. The van der Waals surface area contributed by atoms with E-state index in [1.807, 2.05) is 20.8 Å². The first kappa shape index (κ1) is 22.7. The monoisotopic (exact) mass is 478 g/mol. The van der Waals surface area contributed by atoms with Crippen molar-refractivity contribution >= 4 is 35.9 Å². The fourth-order valence-corrected chi connectivity index (χ4v) is 3.53. The Morgan fingerprint density at radius 1 is 1.46 bits per heavy atom. The molecule has 8 heteroatoms. The number of nitrogens with zero attached hydrogens (tertiary/aromatic N) is 3. The zero-order valence-electron chi connectivity index (χ0n) is 16.5. The van der Waals surface area contributed by atoms with E-state index in [-0.39, 0.29) is 47.7 Å². The number of ether oxygens (including phenoxy) is 1. The Bertz CT molecular complexity index is 612. The van der Waals surface area contributed by atoms with Crippen LogP contribution in [0.15, 0.2) is 9.52 Å². The molecule has 1 aliphatic rings. The number of aryl methyl sites for hydroxylation is 2. The van der Waals surface area contributed by atoms with Gasteiger partial charge in [0.05, 0.1) is 18.7 Å². The molecular formula is C18H31IN4O3. The molecule has 3 unspecified atom stereocenters. The predicted molar refractivity (Wildman–Crippen MR) is 112 cm³/mol. The van der Waals surface area contributed by atoms with Crippen LogP contribution in [-0.2, 0) is 9.53 Å². The van der Waals surface area contributed by atoms with Crippen molar-refractivity contribution in [2.24, 2.45) is 16.8 Å². The van der Waals surface area contributed by atoms with Gasteiger partial charge in [-0.1, -0.05) is 19.0 Å². The summed E-state index contributed by atoms with van der Waals surface area (Å²) in [6.45, 7) is 13.0. The highest BCUT2D eigenvalue weighted by Crippen LogP contribution is 2.25. The lowest BCUT2D eigenvalue weighted by Gasteiger charge is -2.22. The van der Waals surface area contributed by atoms with Crippen LogP contribution in [0, 0.1) is 25.7 Å². The smallest absolute Gasteiger partial charge is 0.310 e. The third-order valence-electron chi connectivity index (χ3n) is 4.85. The van der Waals surface area contributed by atoms with Crippen LogP contribution >= 0.6 is 24.0 Å². The minimum Gasteiger partial charge on any atom is -0.469 e. The van der Waals surface area contributed by atoms with E-state index in [2.05, 4.69) is 29.2 Å². The third-order valence-corrected chi connectivity index (χ3v) is 4.85. The maximum absolute atomic E-state index is 11.9. The lowest BCUT2D eigenvalue weighted by molar-refractivity contribution is -0.145. The van der Waals surface area contributed by atoms with E-state index in [0.29, 0.717) is 13.1 Å². The lowest BCUT2D eigenvalue weighted by Crippen LogP contribution is -2.41. The van der Waals surface area contributed by atoms with Crippen molar-refractivity contribution < 1.29 is 14.1 Å². The minimum atomic E-state index is -0.144. The summed E-state index contributed by atoms with van der Waals surface area (Å²) in [5, 5.41) is 7.36. The Balaban J connectivity index is 0.00000338.